The highest BCUT2D eigenvalue weighted by molar-refractivity contribution is 6.16. The van der Waals surface area contributed by atoms with Gasteiger partial charge in [0.05, 0.1) is 10.9 Å². The number of hydrogen-bond acceptors (Lipinski definition) is 1. The fourth-order valence-electron chi connectivity index (χ4n) is 6.02. The molecule has 0 radical (unpaired) electrons. The molecule has 1 aliphatic heterocycles. The fraction of sp³-hybridized carbons (Fsp3) is 0.281. The van der Waals surface area contributed by atoms with Gasteiger partial charge in [0.1, 0.15) is 18.5 Å². The van der Waals surface area contributed by atoms with Gasteiger partial charge in [0, 0.05) is 17.0 Å². The molecule has 4 aromatic carbocycles. The number of rotatable bonds is 3. The molecule has 0 saturated carbocycles. The Morgan fingerprint density at radius 3 is 2.29 bits per heavy atom. The van der Waals surface area contributed by atoms with Gasteiger partial charge >= 0.3 is 0 Å². The predicted octanol–water partition coefficient (Wildman–Crippen LogP) is 8.37. The van der Waals surface area contributed by atoms with E-state index in [2.05, 4.69) is 107 Å². The first kappa shape index (κ1) is 21.2. The molecule has 1 aromatic heterocycles. The minimum Gasteiger partial charge on any atom is -0.455 e. The summed E-state index contributed by atoms with van der Waals surface area (Å²) in [7, 11) is 2.16. The molecule has 2 heterocycles. The van der Waals surface area contributed by atoms with Crippen LogP contribution in [-0.2, 0) is 13.5 Å². The van der Waals surface area contributed by atoms with Crippen molar-refractivity contribution in [2.75, 3.05) is 0 Å². The molecule has 0 N–H and O–H groups in total. The van der Waals surface area contributed by atoms with Gasteiger partial charge in [-0.05, 0) is 63.9 Å². The number of fused-ring (bicyclic) bond motifs is 5. The number of aryl methyl sites for hydroxylation is 2. The average Bonchev–Trinajstić information content (AvgIpc) is 2.80. The predicted molar refractivity (Wildman–Crippen MR) is 143 cm³/mol. The van der Waals surface area contributed by atoms with E-state index >= 15 is 0 Å². The molecule has 0 bridgehead atoms. The van der Waals surface area contributed by atoms with E-state index in [-0.39, 0.29) is 0 Å². The van der Waals surface area contributed by atoms with Crippen molar-refractivity contribution in [3.63, 3.8) is 0 Å². The molecule has 0 atom stereocenters. The second-order valence-electron chi connectivity index (χ2n) is 10.6. The van der Waals surface area contributed by atoms with E-state index in [1.807, 2.05) is 0 Å². The third-order valence-corrected chi connectivity index (χ3v) is 7.45. The summed E-state index contributed by atoms with van der Waals surface area (Å²) in [6.07, 6.45) is 3.28. The summed E-state index contributed by atoms with van der Waals surface area (Å²) in [6.45, 7) is 11.4. The Balaban J connectivity index is 1.80. The van der Waals surface area contributed by atoms with Crippen LogP contribution in [0.15, 0.2) is 60.8 Å². The van der Waals surface area contributed by atoms with Crippen LogP contribution >= 0.6 is 0 Å². The maximum absolute atomic E-state index is 6.94. The van der Waals surface area contributed by atoms with E-state index in [0.717, 1.165) is 17.9 Å². The molecule has 0 aliphatic carbocycles. The zero-order chi connectivity index (χ0) is 23.7. The maximum Gasteiger partial charge on any atom is 0.228 e. The molecule has 1 aliphatic rings. The van der Waals surface area contributed by atoms with Gasteiger partial charge in [0.15, 0.2) is 6.20 Å². The molecule has 34 heavy (non-hydrogen) atoms. The summed E-state index contributed by atoms with van der Waals surface area (Å²) in [5.41, 5.74) is 6.48. The lowest BCUT2D eigenvalue weighted by Gasteiger charge is -2.27. The van der Waals surface area contributed by atoms with Crippen LogP contribution in [0.3, 0.4) is 0 Å². The molecule has 0 unspecified atom stereocenters. The van der Waals surface area contributed by atoms with Crippen molar-refractivity contribution in [1.82, 2.24) is 0 Å². The Bertz CT molecular complexity index is 1620. The molecule has 0 amide bonds. The number of aromatic nitrogens is 1. The molecule has 2 nitrogen and oxygen atoms in total. The van der Waals surface area contributed by atoms with Gasteiger partial charge in [-0.15, -0.1) is 0 Å². The molecule has 0 saturated heterocycles. The molecule has 0 spiro atoms. The molecule has 2 heteroatoms. The lowest BCUT2D eigenvalue weighted by Crippen LogP contribution is -2.32. The first-order chi connectivity index (χ1) is 16.4. The van der Waals surface area contributed by atoms with E-state index in [1.54, 1.807) is 0 Å². The van der Waals surface area contributed by atoms with Gasteiger partial charge in [0.25, 0.3) is 0 Å². The summed E-state index contributed by atoms with van der Waals surface area (Å²) in [5, 5.41) is 7.73. The van der Waals surface area contributed by atoms with Gasteiger partial charge in [-0.1, -0.05) is 70.2 Å². The van der Waals surface area contributed by atoms with Crippen molar-refractivity contribution in [2.45, 2.75) is 47.0 Å². The number of ether oxygens (including phenoxy) is 1. The quantitative estimate of drug-likeness (QED) is 0.196. The third-order valence-electron chi connectivity index (χ3n) is 7.45. The number of hydrogen-bond donors (Lipinski definition) is 0. The lowest BCUT2D eigenvalue weighted by atomic mass is 9.84. The zero-order valence-corrected chi connectivity index (χ0v) is 21.0. The highest BCUT2D eigenvalue weighted by Crippen LogP contribution is 2.53. The summed E-state index contributed by atoms with van der Waals surface area (Å²) in [5.74, 6) is 2.96. The fourth-order valence-corrected chi connectivity index (χ4v) is 6.02. The summed E-state index contributed by atoms with van der Waals surface area (Å²) >= 11 is 0. The standard InChI is InChI=1S/C32H32NO/c1-18(2)16-21-10-9-13-23-25-14-15-33(6)31-29-20(5)22-11-7-8-12-24(22)28(19(3)4)32(29)34-27(30(25)31)17-26(21)23/h7-15,17-19H,16H2,1-6H3/q+1. The SMILES string of the molecule is Cc1c2c(c(C(C)C)c3ccccc13)Oc1cc3c(CC(C)C)cccc3c3cc[n+](C)c-2c13. The van der Waals surface area contributed by atoms with E-state index in [0.29, 0.717) is 11.8 Å². The van der Waals surface area contributed by atoms with E-state index in [4.69, 9.17) is 4.74 Å². The monoisotopic (exact) mass is 446 g/mol. The summed E-state index contributed by atoms with van der Waals surface area (Å²) < 4.78 is 9.22. The Morgan fingerprint density at radius 1 is 0.824 bits per heavy atom. The smallest absolute Gasteiger partial charge is 0.228 e. The van der Waals surface area contributed by atoms with Crippen LogP contribution in [0.4, 0.5) is 0 Å². The van der Waals surface area contributed by atoms with Crippen LogP contribution in [0.1, 0.15) is 50.3 Å². The molecule has 0 fully saturated rings. The second kappa shape index (κ2) is 7.56. The van der Waals surface area contributed by atoms with Crippen molar-refractivity contribution in [2.24, 2.45) is 13.0 Å². The van der Waals surface area contributed by atoms with Gasteiger partial charge in [-0.2, -0.15) is 0 Å². The maximum atomic E-state index is 6.94. The first-order valence-electron chi connectivity index (χ1n) is 12.5. The minimum absolute atomic E-state index is 0.349. The Morgan fingerprint density at radius 2 is 1.56 bits per heavy atom. The molecular weight excluding hydrogens is 414 g/mol. The highest BCUT2D eigenvalue weighted by Gasteiger charge is 2.34. The minimum atomic E-state index is 0.349. The number of benzene rings is 4. The van der Waals surface area contributed by atoms with Crippen LogP contribution in [0.2, 0.25) is 0 Å². The van der Waals surface area contributed by atoms with Crippen LogP contribution in [0, 0.1) is 12.8 Å². The van der Waals surface area contributed by atoms with E-state index < -0.39 is 0 Å². The summed E-state index contributed by atoms with van der Waals surface area (Å²) in [4.78, 5) is 0. The number of nitrogens with zero attached hydrogens (tertiary/aromatic N) is 1. The summed E-state index contributed by atoms with van der Waals surface area (Å²) in [6, 6.07) is 20.1. The van der Waals surface area contributed by atoms with Crippen LogP contribution in [-0.4, -0.2) is 0 Å². The van der Waals surface area contributed by atoms with Crippen molar-refractivity contribution >= 4 is 32.3 Å². The van der Waals surface area contributed by atoms with Gasteiger partial charge in [-0.3, -0.25) is 0 Å². The van der Waals surface area contributed by atoms with Crippen LogP contribution in [0.25, 0.3) is 43.6 Å². The highest BCUT2D eigenvalue weighted by atomic mass is 16.5. The van der Waals surface area contributed by atoms with E-state index in [1.165, 1.54) is 60.3 Å². The normalized spacial score (nSPS) is 12.7. The van der Waals surface area contributed by atoms with Crippen molar-refractivity contribution in [3.8, 4) is 22.8 Å². The van der Waals surface area contributed by atoms with Gasteiger partial charge in [-0.25, -0.2) is 4.57 Å². The van der Waals surface area contributed by atoms with Crippen molar-refractivity contribution in [1.29, 1.82) is 0 Å². The average molecular weight is 447 g/mol. The zero-order valence-electron chi connectivity index (χ0n) is 21.0. The second-order valence-corrected chi connectivity index (χ2v) is 10.6. The Labute approximate surface area is 201 Å². The Hall–Kier alpha value is -3.39. The first-order valence-corrected chi connectivity index (χ1v) is 12.5. The van der Waals surface area contributed by atoms with Gasteiger partial charge in [0.2, 0.25) is 5.69 Å². The topological polar surface area (TPSA) is 13.1 Å². The molecule has 170 valence electrons. The van der Waals surface area contributed by atoms with Crippen molar-refractivity contribution in [3.05, 3.63) is 77.5 Å². The van der Waals surface area contributed by atoms with Crippen LogP contribution in [0.5, 0.6) is 11.5 Å². The molecule has 6 rings (SSSR count). The lowest BCUT2D eigenvalue weighted by molar-refractivity contribution is -0.659. The van der Waals surface area contributed by atoms with Gasteiger partial charge < -0.3 is 4.74 Å². The number of pyridine rings is 1. The largest absolute Gasteiger partial charge is 0.455 e. The molecule has 5 aromatic rings. The van der Waals surface area contributed by atoms with E-state index in [9.17, 15) is 0 Å². The Kier molecular flexibility index (Phi) is 4.71. The van der Waals surface area contributed by atoms with Crippen LogP contribution < -0.4 is 9.30 Å². The van der Waals surface area contributed by atoms with Crippen molar-refractivity contribution < 1.29 is 9.30 Å². The molecular formula is C32H32NO+. The third kappa shape index (κ3) is 2.91.